The van der Waals surface area contributed by atoms with Crippen LogP contribution in [-0.2, 0) is 121 Å². The molecule has 6 rings (SSSR count). The Kier molecular flexibility index (Phi) is 33.2. The third-order valence-electron chi connectivity index (χ3n) is 11.2. The number of rotatable bonds is 24. The SMILES string of the molecule is CCS(=O)(=O)c1ccc(CC(=O)O)cc1.CCS(=O)(=O)c1ccc(CC(=O)O)nc1.COCCS(=O)(=O)c1ccc(CC(=O)O)cc1.CS(=O)(=O)c1ccc(CC(=O)O)cc1.N#Cc1ccc(CC(=O)O)cc1.O=C(O)Cc1ccc(S(=O)(=O)CCO)cc1. The van der Waals surface area contributed by atoms with Gasteiger partial charge in [-0.25, -0.2) is 42.1 Å². The number of sulfone groups is 5. The van der Waals surface area contributed by atoms with Crippen LogP contribution in [0.15, 0.2) is 164 Å². The van der Waals surface area contributed by atoms with Gasteiger partial charge in [0, 0.05) is 19.6 Å². The van der Waals surface area contributed by atoms with Crippen LogP contribution in [0, 0.1) is 11.3 Å². The summed E-state index contributed by atoms with van der Waals surface area (Å²) >= 11 is 0. The van der Waals surface area contributed by atoms with Crippen LogP contribution in [0.3, 0.4) is 0 Å². The Morgan fingerprint density at radius 2 is 0.697 bits per heavy atom. The number of hydrogen-bond acceptors (Lipinski definition) is 20. The van der Waals surface area contributed by atoms with E-state index in [9.17, 15) is 70.9 Å². The summed E-state index contributed by atoms with van der Waals surface area (Å²) in [6.07, 6.45) is 1.67. The molecule has 26 nitrogen and oxygen atoms in total. The van der Waals surface area contributed by atoms with Gasteiger partial charge in [0.2, 0.25) is 0 Å². The molecule has 0 aliphatic carbocycles. The number of carboxylic acid groups (broad SMARTS) is 6. The van der Waals surface area contributed by atoms with Crippen molar-refractivity contribution in [2.45, 2.75) is 76.8 Å². The van der Waals surface area contributed by atoms with Gasteiger partial charge in [-0.3, -0.25) is 33.8 Å². The zero-order valence-corrected chi connectivity index (χ0v) is 52.4. The van der Waals surface area contributed by atoms with Crippen molar-refractivity contribution in [2.75, 3.05) is 49.6 Å². The van der Waals surface area contributed by atoms with Crippen LogP contribution in [-0.4, -0.2) is 168 Å². The average molecular weight is 1340 g/mol. The van der Waals surface area contributed by atoms with E-state index in [2.05, 4.69) is 4.98 Å². The fourth-order valence-electron chi connectivity index (χ4n) is 6.61. The molecule has 0 aliphatic heterocycles. The number of nitriles is 1. The number of aliphatic hydroxyl groups excluding tert-OH is 1. The third-order valence-corrected chi connectivity index (χ3v) is 19.2. The van der Waals surface area contributed by atoms with Gasteiger partial charge in [-0.2, -0.15) is 5.26 Å². The molecule has 482 valence electrons. The van der Waals surface area contributed by atoms with Gasteiger partial charge in [-0.05, 0) is 101 Å². The minimum Gasteiger partial charge on any atom is -0.481 e. The van der Waals surface area contributed by atoms with Crippen molar-refractivity contribution in [3.05, 3.63) is 179 Å². The van der Waals surface area contributed by atoms with Crippen molar-refractivity contribution in [2.24, 2.45) is 0 Å². The molecule has 5 aromatic carbocycles. The van der Waals surface area contributed by atoms with Crippen molar-refractivity contribution >= 4 is 85.0 Å². The summed E-state index contributed by atoms with van der Waals surface area (Å²) in [5, 5.41) is 68.0. The van der Waals surface area contributed by atoms with Crippen LogP contribution >= 0.6 is 0 Å². The van der Waals surface area contributed by atoms with Crippen LogP contribution in [0.4, 0.5) is 0 Å². The molecular weight excluding hydrogens is 1270 g/mol. The van der Waals surface area contributed by atoms with Gasteiger partial charge < -0.3 is 40.5 Å². The Morgan fingerprint density at radius 1 is 0.416 bits per heavy atom. The monoisotopic (exact) mass is 1330 g/mol. The first-order valence-electron chi connectivity index (χ1n) is 25.7. The smallest absolute Gasteiger partial charge is 0.309 e. The van der Waals surface area contributed by atoms with E-state index in [4.69, 9.17) is 45.7 Å². The van der Waals surface area contributed by atoms with Crippen molar-refractivity contribution in [1.82, 2.24) is 4.98 Å². The van der Waals surface area contributed by atoms with Gasteiger partial charge in [-0.1, -0.05) is 74.5 Å². The Hall–Kier alpha value is -8.77. The Labute approximate surface area is 515 Å². The standard InChI is InChI=1S/C11H14O5S.C10H12O5S.C10H12O4S.C9H11NO4S.C9H7NO2.C9H10O4S/c1-16-6-7-17(14,15)10-4-2-9(3-5-10)8-11(12)13;11-5-6-16(14,15)9-3-1-8(2-4-9)7-10(12)13;1-2-15(13,14)9-5-3-8(4-6-9)7-10(11)12;1-2-15(13,14)8-4-3-7(10-6-8)5-9(11)12;10-6-8-3-1-7(2-4-8)5-9(11)12;1-14(12,13)8-4-2-7(3-5-8)6-9(10)11/h2-5H,6-8H2,1H3,(H,12,13);1-4,11H,5-7H2,(H,12,13);3-6H,2,7H2,1H3,(H,11,12);3-4,6H,2,5H2,1H3,(H,11,12);1-4H,5H2,(H,11,12);2-5H,6H2,1H3,(H,10,11). The van der Waals surface area contributed by atoms with Crippen LogP contribution in [0.1, 0.15) is 52.9 Å². The lowest BCUT2D eigenvalue weighted by molar-refractivity contribution is -0.137. The first-order valence-corrected chi connectivity index (χ1v) is 34.2. The summed E-state index contributed by atoms with van der Waals surface area (Å²) in [5.41, 5.74) is 3.89. The van der Waals surface area contributed by atoms with E-state index in [0.29, 0.717) is 39.1 Å². The lowest BCUT2D eigenvalue weighted by Gasteiger charge is -2.04. The summed E-state index contributed by atoms with van der Waals surface area (Å²) in [4.78, 5) is 66.8. The van der Waals surface area contributed by atoms with Crippen LogP contribution < -0.4 is 0 Å². The number of carboxylic acids is 6. The highest BCUT2D eigenvalue weighted by atomic mass is 32.2. The van der Waals surface area contributed by atoms with E-state index < -0.39 is 91.6 Å². The molecule has 0 spiro atoms. The quantitative estimate of drug-likeness (QED) is 0.0443. The highest BCUT2D eigenvalue weighted by Crippen LogP contribution is 2.17. The molecule has 0 saturated heterocycles. The molecule has 7 N–H and O–H groups in total. The highest BCUT2D eigenvalue weighted by molar-refractivity contribution is 7.92. The van der Waals surface area contributed by atoms with Crippen LogP contribution in [0.25, 0.3) is 0 Å². The number of nitrogens with zero attached hydrogens (tertiary/aromatic N) is 2. The summed E-state index contributed by atoms with van der Waals surface area (Å²) in [6, 6.07) is 34.5. The minimum atomic E-state index is -3.45. The van der Waals surface area contributed by atoms with Gasteiger partial charge in [0.05, 0.1) is 117 Å². The van der Waals surface area contributed by atoms with Gasteiger partial charge in [0.25, 0.3) is 0 Å². The molecule has 0 unspecified atom stereocenters. The first-order chi connectivity index (χ1) is 41.4. The van der Waals surface area contributed by atoms with Crippen molar-refractivity contribution in [3.63, 3.8) is 0 Å². The molecule has 0 atom stereocenters. The molecule has 0 aliphatic rings. The number of pyridine rings is 1. The van der Waals surface area contributed by atoms with E-state index in [0.717, 1.165) is 6.26 Å². The molecule has 6 aromatic rings. The van der Waals surface area contributed by atoms with E-state index >= 15 is 0 Å². The van der Waals surface area contributed by atoms with Crippen LogP contribution in [0.2, 0.25) is 0 Å². The number of ether oxygens (including phenoxy) is 1. The van der Waals surface area contributed by atoms with Crippen molar-refractivity contribution in [1.29, 1.82) is 5.26 Å². The van der Waals surface area contributed by atoms with Crippen LogP contribution in [0.5, 0.6) is 0 Å². The van der Waals surface area contributed by atoms with E-state index in [1.165, 1.54) is 123 Å². The second-order valence-corrected chi connectivity index (χ2v) is 29.0. The lowest BCUT2D eigenvalue weighted by Crippen LogP contribution is -2.11. The molecule has 89 heavy (non-hydrogen) atoms. The van der Waals surface area contributed by atoms with Gasteiger partial charge in [0.15, 0.2) is 49.2 Å². The number of aliphatic hydroxyl groups is 1. The molecule has 0 amide bonds. The molecule has 31 heteroatoms. The molecule has 0 fully saturated rings. The summed E-state index contributed by atoms with van der Waals surface area (Å²) in [5.74, 6) is -5.98. The Bertz CT molecular complexity index is 3840. The number of aliphatic carboxylic acids is 6. The van der Waals surface area contributed by atoms with Crippen molar-refractivity contribution in [3.8, 4) is 6.07 Å². The predicted molar refractivity (Wildman–Crippen MR) is 321 cm³/mol. The zero-order chi connectivity index (χ0) is 67.8. The fraction of sp³-hybridized carbons (Fsp3) is 0.276. The topological polar surface area (TPSA) is 461 Å². The van der Waals surface area contributed by atoms with Gasteiger partial charge in [-0.15, -0.1) is 0 Å². The lowest BCUT2D eigenvalue weighted by atomic mass is 10.1. The number of carbonyl (C=O) groups is 6. The van der Waals surface area contributed by atoms with Gasteiger partial charge >= 0.3 is 35.8 Å². The van der Waals surface area contributed by atoms with Gasteiger partial charge in [0.1, 0.15) is 0 Å². The fourth-order valence-corrected chi connectivity index (χ4v) is 11.1. The molecule has 0 radical (unpaired) electrons. The summed E-state index contributed by atoms with van der Waals surface area (Å²) in [7, 11) is -15.0. The molecular formula is C58H66N2O24S5. The zero-order valence-electron chi connectivity index (χ0n) is 48.3. The molecule has 1 aromatic heterocycles. The largest absolute Gasteiger partial charge is 0.481 e. The van der Waals surface area contributed by atoms with E-state index in [1.54, 1.807) is 38.1 Å². The molecule has 1 heterocycles. The number of benzene rings is 5. The first kappa shape index (κ1) is 78.2. The third kappa shape index (κ3) is 31.6. The maximum Gasteiger partial charge on any atom is 0.309 e. The molecule has 0 saturated carbocycles. The Balaban J connectivity index is 0.000000535. The second-order valence-electron chi connectivity index (χ2n) is 18.2. The predicted octanol–water partition coefficient (Wildman–Crippen LogP) is 4.33. The maximum atomic E-state index is 11.7. The highest BCUT2D eigenvalue weighted by Gasteiger charge is 2.17. The van der Waals surface area contributed by atoms with Crippen molar-refractivity contribution < 1.29 is 111 Å². The van der Waals surface area contributed by atoms with E-state index in [-0.39, 0.29) is 92.6 Å². The summed E-state index contributed by atoms with van der Waals surface area (Å²) < 4.78 is 119. The summed E-state index contributed by atoms with van der Waals surface area (Å²) in [6.45, 7) is 2.82. The Morgan fingerprint density at radius 3 is 0.955 bits per heavy atom. The normalized spacial score (nSPS) is 11.0. The minimum absolute atomic E-state index is 0.00566. The number of methoxy groups -OCH3 is 1. The average Bonchev–Trinajstić information content (AvgIpc) is 3.53. The number of hydrogen-bond donors (Lipinski definition) is 7. The molecule has 0 bridgehead atoms. The maximum absolute atomic E-state index is 11.7. The number of aromatic nitrogens is 1. The van der Waals surface area contributed by atoms with E-state index in [1.807, 2.05) is 6.07 Å². The second kappa shape index (κ2) is 37.8.